The normalized spacial score (nSPS) is 11.0. The molecule has 0 amide bonds. The molecule has 0 bridgehead atoms. The summed E-state index contributed by atoms with van der Waals surface area (Å²) < 4.78 is 44.7. The third-order valence-corrected chi connectivity index (χ3v) is 4.16. The standard InChI is InChI=1S/C18H18FN5O3S/c1-27-13-9-7-12(8-10-13)21-18-20-11-14(19)17(23-18)22-15-5-3-4-6-16(15)24-28(2,25)26/h3-11,24H,1-2H3,(H2,20,21,22,23). The van der Waals surface area contributed by atoms with E-state index >= 15 is 0 Å². The maximum absolute atomic E-state index is 14.2. The van der Waals surface area contributed by atoms with E-state index in [9.17, 15) is 12.8 Å². The first-order valence-electron chi connectivity index (χ1n) is 8.11. The highest BCUT2D eigenvalue weighted by atomic mass is 32.2. The molecule has 0 radical (unpaired) electrons. The predicted octanol–water partition coefficient (Wildman–Crippen LogP) is 3.48. The van der Waals surface area contributed by atoms with Crippen LogP contribution in [0, 0.1) is 5.82 Å². The molecule has 146 valence electrons. The number of nitrogens with zero attached hydrogens (tertiary/aromatic N) is 2. The zero-order valence-electron chi connectivity index (χ0n) is 15.1. The molecule has 3 aromatic rings. The highest BCUT2D eigenvalue weighted by Gasteiger charge is 2.12. The second-order valence-corrected chi connectivity index (χ2v) is 7.54. The summed E-state index contributed by atoms with van der Waals surface area (Å²) in [6.07, 6.45) is 2.06. The average Bonchev–Trinajstić information content (AvgIpc) is 2.65. The van der Waals surface area contributed by atoms with Gasteiger partial charge in [0.1, 0.15) is 5.75 Å². The number of anilines is 5. The smallest absolute Gasteiger partial charge is 0.229 e. The number of hydrogen-bond acceptors (Lipinski definition) is 7. The summed E-state index contributed by atoms with van der Waals surface area (Å²) in [6.45, 7) is 0. The Bertz CT molecular complexity index is 1070. The largest absolute Gasteiger partial charge is 0.497 e. The predicted molar refractivity (Wildman–Crippen MR) is 106 cm³/mol. The summed E-state index contributed by atoms with van der Waals surface area (Å²) in [5, 5.41) is 5.76. The molecule has 0 fully saturated rings. The van der Waals surface area contributed by atoms with Crippen molar-refractivity contribution < 1.29 is 17.5 Å². The van der Waals surface area contributed by atoms with Gasteiger partial charge in [-0.3, -0.25) is 4.72 Å². The van der Waals surface area contributed by atoms with Crippen LogP contribution in [0.4, 0.5) is 33.2 Å². The maximum atomic E-state index is 14.2. The summed E-state index contributed by atoms with van der Waals surface area (Å²) in [5.41, 5.74) is 1.31. The maximum Gasteiger partial charge on any atom is 0.229 e. The lowest BCUT2D eigenvalue weighted by Gasteiger charge is -2.13. The Balaban J connectivity index is 1.84. The lowest BCUT2D eigenvalue weighted by atomic mass is 10.2. The molecule has 1 heterocycles. The van der Waals surface area contributed by atoms with Gasteiger partial charge in [-0.2, -0.15) is 4.98 Å². The first kappa shape index (κ1) is 19.4. The van der Waals surface area contributed by atoms with Gasteiger partial charge in [-0.15, -0.1) is 0 Å². The first-order chi connectivity index (χ1) is 13.3. The second-order valence-electron chi connectivity index (χ2n) is 5.79. The van der Waals surface area contributed by atoms with Gasteiger partial charge < -0.3 is 15.4 Å². The zero-order chi connectivity index (χ0) is 20.1. The number of benzene rings is 2. The monoisotopic (exact) mass is 403 g/mol. The quantitative estimate of drug-likeness (QED) is 0.555. The van der Waals surface area contributed by atoms with E-state index < -0.39 is 15.8 Å². The molecule has 1 aromatic heterocycles. The lowest BCUT2D eigenvalue weighted by Crippen LogP contribution is -2.11. The summed E-state index contributed by atoms with van der Waals surface area (Å²) >= 11 is 0. The van der Waals surface area contributed by atoms with Gasteiger partial charge in [0.2, 0.25) is 16.0 Å². The number of aromatic nitrogens is 2. The minimum Gasteiger partial charge on any atom is -0.497 e. The molecule has 0 saturated heterocycles. The Kier molecular flexibility index (Phi) is 5.59. The van der Waals surface area contributed by atoms with Crippen LogP contribution in [0.15, 0.2) is 54.7 Å². The fourth-order valence-electron chi connectivity index (χ4n) is 2.33. The van der Waals surface area contributed by atoms with Gasteiger partial charge in [-0.25, -0.2) is 17.8 Å². The molecule has 0 spiro atoms. The number of sulfonamides is 1. The minimum absolute atomic E-state index is 0.103. The molecule has 0 atom stereocenters. The molecular weight excluding hydrogens is 385 g/mol. The third kappa shape index (κ3) is 5.07. The Morgan fingerprint density at radius 3 is 2.32 bits per heavy atom. The number of para-hydroxylation sites is 2. The first-order valence-corrected chi connectivity index (χ1v) is 10.0. The highest BCUT2D eigenvalue weighted by Crippen LogP contribution is 2.27. The van der Waals surface area contributed by atoms with E-state index in [-0.39, 0.29) is 17.5 Å². The van der Waals surface area contributed by atoms with Gasteiger partial charge in [-0.1, -0.05) is 12.1 Å². The molecule has 0 unspecified atom stereocenters. The molecular formula is C18H18FN5O3S. The van der Waals surface area contributed by atoms with Gasteiger partial charge in [0, 0.05) is 5.69 Å². The van der Waals surface area contributed by atoms with Crippen LogP contribution in [-0.4, -0.2) is 31.8 Å². The molecule has 8 nitrogen and oxygen atoms in total. The van der Waals surface area contributed by atoms with Crippen LogP contribution >= 0.6 is 0 Å². The van der Waals surface area contributed by atoms with Gasteiger partial charge in [0.05, 0.1) is 30.9 Å². The molecule has 0 aliphatic rings. The number of rotatable bonds is 7. The molecule has 28 heavy (non-hydrogen) atoms. The molecule has 0 saturated carbocycles. The molecule has 0 aliphatic heterocycles. The summed E-state index contributed by atoms with van der Waals surface area (Å²) in [4.78, 5) is 8.05. The van der Waals surface area contributed by atoms with Crippen LogP contribution in [0.25, 0.3) is 0 Å². The van der Waals surface area contributed by atoms with Gasteiger partial charge in [-0.05, 0) is 36.4 Å². The van der Waals surface area contributed by atoms with Crippen LogP contribution < -0.4 is 20.1 Å². The zero-order valence-corrected chi connectivity index (χ0v) is 15.9. The number of nitrogens with one attached hydrogen (secondary N) is 3. The number of halogens is 1. The van der Waals surface area contributed by atoms with E-state index in [2.05, 4.69) is 25.3 Å². The van der Waals surface area contributed by atoms with Crippen LogP contribution in [0.2, 0.25) is 0 Å². The minimum atomic E-state index is -3.50. The SMILES string of the molecule is COc1ccc(Nc2ncc(F)c(Nc3ccccc3NS(C)(=O)=O)n2)cc1. The van der Waals surface area contributed by atoms with Gasteiger partial charge in [0.15, 0.2) is 11.6 Å². The van der Waals surface area contributed by atoms with Crippen molar-refractivity contribution in [1.82, 2.24) is 9.97 Å². The van der Waals surface area contributed by atoms with Crippen LogP contribution in [0.5, 0.6) is 5.75 Å². The Labute approximate surface area is 161 Å². The highest BCUT2D eigenvalue weighted by molar-refractivity contribution is 7.92. The van der Waals surface area contributed by atoms with Crippen molar-refractivity contribution in [3.63, 3.8) is 0 Å². The third-order valence-electron chi connectivity index (χ3n) is 3.57. The number of hydrogen-bond donors (Lipinski definition) is 3. The van der Waals surface area contributed by atoms with Crippen molar-refractivity contribution in [2.45, 2.75) is 0 Å². The molecule has 0 aliphatic carbocycles. The Morgan fingerprint density at radius 1 is 1.00 bits per heavy atom. The number of methoxy groups -OCH3 is 1. The van der Waals surface area contributed by atoms with Gasteiger partial charge >= 0.3 is 0 Å². The van der Waals surface area contributed by atoms with Crippen molar-refractivity contribution in [2.24, 2.45) is 0 Å². The molecule has 3 N–H and O–H groups in total. The fourth-order valence-corrected chi connectivity index (χ4v) is 2.90. The summed E-state index contributed by atoms with van der Waals surface area (Å²) in [7, 11) is -1.93. The van der Waals surface area contributed by atoms with Crippen molar-refractivity contribution in [2.75, 3.05) is 28.7 Å². The van der Waals surface area contributed by atoms with E-state index in [4.69, 9.17) is 4.74 Å². The Hall–Kier alpha value is -3.40. The topological polar surface area (TPSA) is 105 Å². The van der Waals surface area contributed by atoms with E-state index in [1.54, 1.807) is 55.6 Å². The molecule has 10 heteroatoms. The number of ether oxygens (including phenoxy) is 1. The average molecular weight is 403 g/mol. The van der Waals surface area contributed by atoms with Crippen molar-refractivity contribution in [3.8, 4) is 5.75 Å². The van der Waals surface area contributed by atoms with Crippen LogP contribution in [0.3, 0.4) is 0 Å². The lowest BCUT2D eigenvalue weighted by molar-refractivity contribution is 0.415. The second kappa shape index (κ2) is 8.09. The Morgan fingerprint density at radius 2 is 1.68 bits per heavy atom. The van der Waals surface area contributed by atoms with Crippen LogP contribution in [0.1, 0.15) is 0 Å². The fraction of sp³-hybridized carbons (Fsp3) is 0.111. The van der Waals surface area contributed by atoms with E-state index in [0.717, 1.165) is 12.5 Å². The van der Waals surface area contributed by atoms with Crippen molar-refractivity contribution >= 4 is 38.9 Å². The molecule has 3 rings (SSSR count). The van der Waals surface area contributed by atoms with Crippen molar-refractivity contribution in [3.05, 3.63) is 60.5 Å². The van der Waals surface area contributed by atoms with Crippen LogP contribution in [-0.2, 0) is 10.0 Å². The summed E-state index contributed by atoms with van der Waals surface area (Å²) in [6, 6.07) is 13.6. The van der Waals surface area contributed by atoms with E-state index in [1.165, 1.54) is 0 Å². The molecule has 2 aromatic carbocycles. The van der Waals surface area contributed by atoms with Crippen molar-refractivity contribution in [1.29, 1.82) is 0 Å². The van der Waals surface area contributed by atoms with Gasteiger partial charge in [0.25, 0.3) is 0 Å². The summed E-state index contributed by atoms with van der Waals surface area (Å²) in [5.74, 6) is 0.0775. The van der Waals surface area contributed by atoms with E-state index in [0.29, 0.717) is 17.1 Å². The van der Waals surface area contributed by atoms with E-state index in [1.807, 2.05) is 0 Å².